The molecule has 0 amide bonds. The molecule has 1 aromatic rings. The van der Waals surface area contributed by atoms with Gasteiger partial charge in [0.15, 0.2) is 0 Å². The van der Waals surface area contributed by atoms with Crippen LogP contribution >= 0.6 is 0 Å². The summed E-state index contributed by atoms with van der Waals surface area (Å²) in [6.07, 6.45) is 1.19. The first-order valence-electron chi connectivity index (χ1n) is 5.00. The minimum atomic E-state index is 0.280. The molecule has 0 aromatic heterocycles. The molecule has 1 aromatic carbocycles. The van der Waals surface area contributed by atoms with Gasteiger partial charge in [0.25, 0.3) is 0 Å². The maximum absolute atomic E-state index is 5.48. The predicted molar refractivity (Wildman–Crippen MR) is 60.4 cm³/mol. The number of rotatable bonds is 5. The lowest BCUT2D eigenvalue weighted by Gasteiger charge is -2.09. The molecule has 0 heterocycles. The van der Waals surface area contributed by atoms with Gasteiger partial charge in [-0.1, -0.05) is 36.9 Å². The van der Waals surface area contributed by atoms with Crippen LogP contribution in [-0.4, -0.2) is 12.7 Å². The molecule has 0 saturated heterocycles. The fourth-order valence-corrected chi connectivity index (χ4v) is 1.22. The van der Waals surface area contributed by atoms with Gasteiger partial charge in [-0.2, -0.15) is 0 Å². The molecule has 0 atom stereocenters. The molecule has 0 unspecified atom stereocenters. The van der Waals surface area contributed by atoms with E-state index in [1.807, 2.05) is 32.0 Å². The van der Waals surface area contributed by atoms with Gasteiger partial charge in [0.05, 0.1) is 12.7 Å². The Bertz CT molecular complexity index is 275. The van der Waals surface area contributed by atoms with Crippen molar-refractivity contribution < 1.29 is 4.74 Å². The molecule has 0 spiro atoms. The monoisotopic (exact) mass is 190 g/mol. The molecule has 0 aliphatic carbocycles. The number of hydrogen-bond donors (Lipinski definition) is 0. The van der Waals surface area contributed by atoms with Crippen LogP contribution in [-0.2, 0) is 11.2 Å². The summed E-state index contributed by atoms with van der Waals surface area (Å²) in [5.74, 6) is 0. The Balaban J connectivity index is 2.35. The quantitative estimate of drug-likeness (QED) is 0.648. The van der Waals surface area contributed by atoms with E-state index in [0.29, 0.717) is 6.61 Å². The highest BCUT2D eigenvalue weighted by atomic mass is 16.5. The van der Waals surface area contributed by atoms with Crippen molar-refractivity contribution in [3.8, 4) is 0 Å². The van der Waals surface area contributed by atoms with Gasteiger partial charge in [-0.3, -0.25) is 0 Å². The summed E-state index contributed by atoms with van der Waals surface area (Å²) >= 11 is 0. The maximum atomic E-state index is 5.48. The molecule has 0 radical (unpaired) electrons. The highest BCUT2D eigenvalue weighted by Crippen LogP contribution is 2.07. The van der Waals surface area contributed by atoms with Gasteiger partial charge in [0.2, 0.25) is 0 Å². The lowest BCUT2D eigenvalue weighted by atomic mass is 10.1. The fourth-order valence-electron chi connectivity index (χ4n) is 1.22. The van der Waals surface area contributed by atoms with Crippen molar-refractivity contribution in [2.45, 2.75) is 26.4 Å². The summed E-state index contributed by atoms with van der Waals surface area (Å²) in [5, 5.41) is 0. The molecule has 1 nitrogen and oxygen atoms in total. The van der Waals surface area contributed by atoms with Gasteiger partial charge in [-0.15, -0.1) is 0 Å². The zero-order valence-electron chi connectivity index (χ0n) is 8.99. The van der Waals surface area contributed by atoms with Gasteiger partial charge < -0.3 is 4.74 Å². The average Bonchev–Trinajstić information content (AvgIpc) is 2.16. The van der Waals surface area contributed by atoms with E-state index in [1.54, 1.807) is 0 Å². The Morgan fingerprint density at radius 3 is 2.50 bits per heavy atom. The second-order valence-corrected chi connectivity index (χ2v) is 3.77. The van der Waals surface area contributed by atoms with Crippen molar-refractivity contribution >= 4 is 0 Å². The summed E-state index contributed by atoms with van der Waals surface area (Å²) in [6, 6.07) is 10.3. The van der Waals surface area contributed by atoms with E-state index in [2.05, 4.69) is 18.7 Å². The maximum Gasteiger partial charge on any atom is 0.0680 e. The molecule has 1 heteroatoms. The van der Waals surface area contributed by atoms with Gasteiger partial charge >= 0.3 is 0 Å². The first-order chi connectivity index (χ1) is 6.68. The van der Waals surface area contributed by atoms with E-state index < -0.39 is 0 Å². The summed E-state index contributed by atoms with van der Waals surface area (Å²) < 4.78 is 5.48. The van der Waals surface area contributed by atoms with E-state index in [9.17, 15) is 0 Å². The van der Waals surface area contributed by atoms with Gasteiger partial charge in [0.1, 0.15) is 0 Å². The van der Waals surface area contributed by atoms with Gasteiger partial charge in [-0.25, -0.2) is 0 Å². The highest BCUT2D eigenvalue weighted by molar-refractivity contribution is 5.20. The Morgan fingerprint density at radius 2 is 1.93 bits per heavy atom. The third kappa shape index (κ3) is 4.24. The van der Waals surface area contributed by atoms with Gasteiger partial charge in [-0.05, 0) is 31.4 Å². The number of ether oxygens (including phenoxy) is 1. The zero-order chi connectivity index (χ0) is 10.4. The molecule has 0 bridgehead atoms. The molecule has 0 fully saturated rings. The largest absolute Gasteiger partial charge is 0.374 e. The fraction of sp³-hybridized carbons (Fsp3) is 0.385. The lowest BCUT2D eigenvalue weighted by molar-refractivity contribution is 0.0965. The molecule has 76 valence electrons. The Hall–Kier alpha value is -1.08. The van der Waals surface area contributed by atoms with Crippen LogP contribution in [0, 0.1) is 0 Å². The van der Waals surface area contributed by atoms with Crippen molar-refractivity contribution in [2.24, 2.45) is 0 Å². The normalized spacial score (nSPS) is 10.5. The second-order valence-electron chi connectivity index (χ2n) is 3.77. The van der Waals surface area contributed by atoms with Crippen LogP contribution in [0.5, 0.6) is 0 Å². The lowest BCUT2D eigenvalue weighted by Crippen LogP contribution is -2.06. The molecular formula is C13H18O. The van der Waals surface area contributed by atoms with Crippen molar-refractivity contribution in [3.05, 3.63) is 48.0 Å². The molecule has 0 aliphatic rings. The van der Waals surface area contributed by atoms with E-state index in [4.69, 9.17) is 4.74 Å². The Morgan fingerprint density at radius 1 is 1.29 bits per heavy atom. The smallest absolute Gasteiger partial charge is 0.0680 e. The average molecular weight is 190 g/mol. The van der Waals surface area contributed by atoms with E-state index in [0.717, 1.165) is 12.0 Å². The van der Waals surface area contributed by atoms with Crippen molar-refractivity contribution in [2.75, 3.05) is 6.61 Å². The summed E-state index contributed by atoms with van der Waals surface area (Å²) in [4.78, 5) is 0. The molecule has 0 N–H and O–H groups in total. The summed E-state index contributed by atoms with van der Waals surface area (Å²) in [5.41, 5.74) is 2.43. The van der Waals surface area contributed by atoms with Crippen LogP contribution in [0.4, 0.5) is 0 Å². The van der Waals surface area contributed by atoms with Crippen LogP contribution in [0.3, 0.4) is 0 Å². The first kappa shape index (κ1) is 11.0. The second kappa shape index (κ2) is 5.61. The Labute approximate surface area is 86.4 Å². The van der Waals surface area contributed by atoms with Crippen molar-refractivity contribution in [3.63, 3.8) is 0 Å². The van der Waals surface area contributed by atoms with Crippen molar-refractivity contribution in [1.82, 2.24) is 0 Å². The van der Waals surface area contributed by atoms with Crippen molar-refractivity contribution in [1.29, 1.82) is 0 Å². The topological polar surface area (TPSA) is 9.23 Å². The molecule has 0 saturated carbocycles. The first-order valence-corrected chi connectivity index (χ1v) is 5.00. The zero-order valence-corrected chi connectivity index (χ0v) is 8.99. The minimum Gasteiger partial charge on any atom is -0.374 e. The van der Waals surface area contributed by atoms with Crippen LogP contribution in [0.1, 0.15) is 19.4 Å². The molecule has 0 aliphatic heterocycles. The Kier molecular flexibility index (Phi) is 4.41. The van der Waals surface area contributed by atoms with Gasteiger partial charge in [0, 0.05) is 0 Å². The number of benzene rings is 1. The summed E-state index contributed by atoms with van der Waals surface area (Å²) in [7, 11) is 0. The molecular weight excluding hydrogens is 172 g/mol. The predicted octanol–water partition coefficient (Wildman–Crippen LogP) is 3.21. The SMILES string of the molecule is C=C(COC(C)C)Cc1ccccc1. The van der Waals surface area contributed by atoms with Crippen LogP contribution in [0.15, 0.2) is 42.5 Å². The van der Waals surface area contributed by atoms with E-state index >= 15 is 0 Å². The standard InChI is InChI=1S/C13H18O/c1-11(2)14-10-12(3)9-13-7-5-4-6-8-13/h4-8,11H,3,9-10H2,1-2H3. The van der Waals surface area contributed by atoms with E-state index in [-0.39, 0.29) is 6.10 Å². The van der Waals surface area contributed by atoms with E-state index in [1.165, 1.54) is 5.56 Å². The molecule has 14 heavy (non-hydrogen) atoms. The van der Waals surface area contributed by atoms with Crippen LogP contribution < -0.4 is 0 Å². The number of hydrogen-bond acceptors (Lipinski definition) is 1. The van der Waals surface area contributed by atoms with Crippen LogP contribution in [0.25, 0.3) is 0 Å². The summed E-state index contributed by atoms with van der Waals surface area (Å²) in [6.45, 7) is 8.73. The van der Waals surface area contributed by atoms with Crippen LogP contribution in [0.2, 0.25) is 0 Å². The third-order valence-electron chi connectivity index (χ3n) is 1.92. The third-order valence-corrected chi connectivity index (χ3v) is 1.92. The highest BCUT2D eigenvalue weighted by Gasteiger charge is 1.98. The minimum absolute atomic E-state index is 0.280. The molecule has 1 rings (SSSR count).